The lowest BCUT2D eigenvalue weighted by Gasteiger charge is -2.34. The summed E-state index contributed by atoms with van der Waals surface area (Å²) in [6, 6.07) is 0. The molecule has 1 amide bonds. The van der Waals surface area contributed by atoms with E-state index in [1.165, 1.54) is 4.68 Å². The molecular weight excluding hydrogens is 234 g/mol. The van der Waals surface area contributed by atoms with Crippen LogP contribution in [0.1, 0.15) is 25.5 Å². The molecular formula is C11H19N5O2. The van der Waals surface area contributed by atoms with Gasteiger partial charge in [-0.1, -0.05) is 5.21 Å². The first kappa shape index (κ1) is 13.0. The molecule has 1 aromatic rings. The summed E-state index contributed by atoms with van der Waals surface area (Å²) in [6.07, 6.45) is 3.58. The standard InChI is InChI=1S/C11H19N5O2/c1-11(3-2-4-18-8-11)13-10(17)7-16-6-9(5-12)14-15-16/h6H,2-5,7-8,12H2,1H3,(H,13,17). The van der Waals surface area contributed by atoms with Crippen LogP contribution in [0.3, 0.4) is 0 Å². The van der Waals surface area contributed by atoms with E-state index in [0.717, 1.165) is 19.4 Å². The number of hydrogen-bond donors (Lipinski definition) is 2. The predicted octanol–water partition coefficient (Wildman–Crippen LogP) is -0.578. The summed E-state index contributed by atoms with van der Waals surface area (Å²) < 4.78 is 6.88. The zero-order valence-corrected chi connectivity index (χ0v) is 10.6. The van der Waals surface area contributed by atoms with Crippen LogP contribution in [0, 0.1) is 0 Å². The normalized spacial score (nSPS) is 23.9. The smallest absolute Gasteiger partial charge is 0.242 e. The van der Waals surface area contributed by atoms with Crippen LogP contribution in [-0.2, 0) is 22.6 Å². The Hall–Kier alpha value is -1.47. The van der Waals surface area contributed by atoms with Gasteiger partial charge >= 0.3 is 0 Å². The summed E-state index contributed by atoms with van der Waals surface area (Å²) in [5, 5.41) is 10.7. The van der Waals surface area contributed by atoms with Crippen LogP contribution < -0.4 is 11.1 Å². The van der Waals surface area contributed by atoms with E-state index in [1.54, 1.807) is 6.20 Å². The molecule has 1 atom stereocenters. The van der Waals surface area contributed by atoms with E-state index in [9.17, 15) is 4.79 Å². The fourth-order valence-electron chi connectivity index (χ4n) is 2.07. The fourth-order valence-corrected chi connectivity index (χ4v) is 2.07. The molecule has 1 saturated heterocycles. The summed E-state index contributed by atoms with van der Waals surface area (Å²) in [6.45, 7) is 3.81. The van der Waals surface area contributed by atoms with Gasteiger partial charge in [-0.2, -0.15) is 0 Å². The maximum absolute atomic E-state index is 11.9. The quantitative estimate of drug-likeness (QED) is 0.748. The lowest BCUT2D eigenvalue weighted by molar-refractivity contribution is -0.125. The highest BCUT2D eigenvalue weighted by atomic mass is 16.5. The van der Waals surface area contributed by atoms with E-state index in [4.69, 9.17) is 10.5 Å². The fraction of sp³-hybridized carbons (Fsp3) is 0.727. The van der Waals surface area contributed by atoms with Gasteiger partial charge in [-0.25, -0.2) is 4.68 Å². The molecule has 2 rings (SSSR count). The molecule has 0 aromatic carbocycles. The third-order valence-corrected chi connectivity index (χ3v) is 2.98. The first-order chi connectivity index (χ1) is 8.61. The van der Waals surface area contributed by atoms with Gasteiger partial charge in [0.05, 0.1) is 24.0 Å². The number of carbonyl (C=O) groups excluding carboxylic acids is 1. The topological polar surface area (TPSA) is 95.1 Å². The van der Waals surface area contributed by atoms with E-state index < -0.39 is 0 Å². The van der Waals surface area contributed by atoms with Gasteiger partial charge in [0.2, 0.25) is 5.91 Å². The Balaban J connectivity index is 1.87. The first-order valence-corrected chi connectivity index (χ1v) is 6.09. The molecule has 2 heterocycles. The Labute approximate surface area is 106 Å². The van der Waals surface area contributed by atoms with Crippen LogP contribution in [0.5, 0.6) is 0 Å². The minimum atomic E-state index is -0.271. The minimum absolute atomic E-state index is 0.0866. The number of aromatic nitrogens is 3. The lowest BCUT2D eigenvalue weighted by atomic mass is 9.95. The summed E-state index contributed by atoms with van der Waals surface area (Å²) in [5.41, 5.74) is 5.84. The third-order valence-electron chi connectivity index (χ3n) is 2.98. The van der Waals surface area contributed by atoms with Crippen molar-refractivity contribution >= 4 is 5.91 Å². The number of amides is 1. The zero-order chi connectivity index (χ0) is 13.0. The second-order valence-corrected chi connectivity index (χ2v) is 4.88. The molecule has 0 bridgehead atoms. The minimum Gasteiger partial charge on any atom is -0.379 e. The number of ether oxygens (including phenoxy) is 1. The Morgan fingerprint density at radius 1 is 1.72 bits per heavy atom. The number of rotatable bonds is 4. The lowest BCUT2D eigenvalue weighted by Crippen LogP contribution is -2.52. The number of carbonyl (C=O) groups is 1. The van der Waals surface area contributed by atoms with Gasteiger partial charge in [0.1, 0.15) is 6.54 Å². The molecule has 1 fully saturated rings. The molecule has 0 spiro atoms. The molecule has 18 heavy (non-hydrogen) atoms. The maximum atomic E-state index is 11.9. The van der Waals surface area contributed by atoms with Crippen molar-refractivity contribution in [1.82, 2.24) is 20.3 Å². The Morgan fingerprint density at radius 3 is 3.17 bits per heavy atom. The van der Waals surface area contributed by atoms with E-state index in [0.29, 0.717) is 18.8 Å². The van der Waals surface area contributed by atoms with Gasteiger partial charge in [0, 0.05) is 13.2 Å². The molecule has 7 heteroatoms. The van der Waals surface area contributed by atoms with Crippen molar-refractivity contribution in [3.05, 3.63) is 11.9 Å². The highest BCUT2D eigenvalue weighted by Crippen LogP contribution is 2.18. The molecule has 1 aliphatic rings. The SMILES string of the molecule is CC1(NC(=O)Cn2cc(CN)nn2)CCCOC1. The monoisotopic (exact) mass is 253 g/mol. The van der Waals surface area contributed by atoms with Gasteiger partial charge < -0.3 is 15.8 Å². The van der Waals surface area contributed by atoms with Crippen LogP contribution in [0.4, 0.5) is 0 Å². The zero-order valence-electron chi connectivity index (χ0n) is 10.6. The summed E-state index contributed by atoms with van der Waals surface area (Å²) in [7, 11) is 0. The number of nitrogens with zero attached hydrogens (tertiary/aromatic N) is 3. The number of hydrogen-bond acceptors (Lipinski definition) is 5. The van der Waals surface area contributed by atoms with Crippen molar-refractivity contribution in [1.29, 1.82) is 0 Å². The first-order valence-electron chi connectivity index (χ1n) is 6.09. The highest BCUT2D eigenvalue weighted by molar-refractivity contribution is 5.76. The molecule has 1 aromatic heterocycles. The second kappa shape index (κ2) is 5.45. The van der Waals surface area contributed by atoms with Crippen molar-refractivity contribution in [2.45, 2.75) is 38.4 Å². The largest absolute Gasteiger partial charge is 0.379 e. The molecule has 0 aliphatic carbocycles. The van der Waals surface area contributed by atoms with Gasteiger partial charge in [-0.05, 0) is 19.8 Å². The van der Waals surface area contributed by atoms with Crippen molar-refractivity contribution in [3.63, 3.8) is 0 Å². The highest BCUT2D eigenvalue weighted by Gasteiger charge is 2.29. The molecule has 1 aliphatic heterocycles. The van der Waals surface area contributed by atoms with Crippen molar-refractivity contribution in [2.75, 3.05) is 13.2 Å². The van der Waals surface area contributed by atoms with Crippen molar-refractivity contribution in [2.24, 2.45) is 5.73 Å². The molecule has 7 nitrogen and oxygen atoms in total. The molecule has 1 unspecified atom stereocenters. The average molecular weight is 253 g/mol. The molecule has 100 valence electrons. The molecule has 0 saturated carbocycles. The van der Waals surface area contributed by atoms with Crippen LogP contribution in [0.2, 0.25) is 0 Å². The van der Waals surface area contributed by atoms with Crippen LogP contribution in [-0.4, -0.2) is 39.7 Å². The Kier molecular flexibility index (Phi) is 3.93. The third kappa shape index (κ3) is 3.27. The van der Waals surface area contributed by atoms with Gasteiger partial charge in [0.25, 0.3) is 0 Å². The Morgan fingerprint density at radius 2 is 2.56 bits per heavy atom. The van der Waals surface area contributed by atoms with Gasteiger partial charge in [-0.3, -0.25) is 4.79 Å². The predicted molar refractivity (Wildman–Crippen MR) is 64.5 cm³/mol. The second-order valence-electron chi connectivity index (χ2n) is 4.88. The summed E-state index contributed by atoms with van der Waals surface area (Å²) in [4.78, 5) is 11.9. The number of nitrogens with two attached hydrogens (primary N) is 1. The van der Waals surface area contributed by atoms with Gasteiger partial charge in [-0.15, -0.1) is 5.10 Å². The van der Waals surface area contributed by atoms with E-state index in [-0.39, 0.29) is 18.0 Å². The van der Waals surface area contributed by atoms with E-state index in [2.05, 4.69) is 15.6 Å². The van der Waals surface area contributed by atoms with Crippen molar-refractivity contribution in [3.8, 4) is 0 Å². The van der Waals surface area contributed by atoms with Gasteiger partial charge in [0.15, 0.2) is 0 Å². The number of nitrogens with one attached hydrogen (secondary N) is 1. The van der Waals surface area contributed by atoms with E-state index in [1.807, 2.05) is 6.92 Å². The van der Waals surface area contributed by atoms with Crippen molar-refractivity contribution < 1.29 is 9.53 Å². The average Bonchev–Trinajstić information content (AvgIpc) is 2.76. The summed E-state index contributed by atoms with van der Waals surface area (Å²) in [5.74, 6) is -0.0866. The van der Waals surface area contributed by atoms with Crippen LogP contribution in [0.15, 0.2) is 6.20 Å². The maximum Gasteiger partial charge on any atom is 0.242 e. The van der Waals surface area contributed by atoms with E-state index >= 15 is 0 Å². The molecule has 3 N–H and O–H groups in total. The molecule has 0 radical (unpaired) electrons. The van der Waals surface area contributed by atoms with Crippen LogP contribution >= 0.6 is 0 Å². The van der Waals surface area contributed by atoms with Crippen LogP contribution in [0.25, 0.3) is 0 Å². The Bertz CT molecular complexity index is 411. The summed E-state index contributed by atoms with van der Waals surface area (Å²) >= 11 is 0.